The molecule has 2 saturated heterocycles. The molecule has 0 amide bonds. The summed E-state index contributed by atoms with van der Waals surface area (Å²) in [5.74, 6) is 0.209. The third-order valence-electron chi connectivity index (χ3n) is 5.23. The van der Waals surface area contributed by atoms with E-state index in [0.29, 0.717) is 5.92 Å². The van der Waals surface area contributed by atoms with Gasteiger partial charge in [0.1, 0.15) is 5.01 Å². The first-order valence-corrected chi connectivity index (χ1v) is 9.44. The average molecular weight is 337 g/mol. The first kappa shape index (κ1) is 16.9. The third-order valence-corrected chi connectivity index (χ3v) is 6.00. The Labute approximate surface area is 142 Å². The molecule has 3 heterocycles. The van der Waals surface area contributed by atoms with Crippen LogP contribution >= 0.6 is 11.3 Å². The largest absolute Gasteiger partial charge is 0.481 e. The molecule has 0 unspecified atom stereocenters. The summed E-state index contributed by atoms with van der Waals surface area (Å²) >= 11 is 1.68. The van der Waals surface area contributed by atoms with Crippen LogP contribution in [0.25, 0.3) is 0 Å². The van der Waals surface area contributed by atoms with Crippen molar-refractivity contribution < 1.29 is 9.90 Å². The minimum absolute atomic E-state index is 0.223. The zero-order valence-corrected chi connectivity index (χ0v) is 14.9. The van der Waals surface area contributed by atoms with Crippen molar-refractivity contribution in [2.24, 2.45) is 17.3 Å². The Morgan fingerprint density at radius 2 is 2.26 bits per heavy atom. The molecule has 5 nitrogen and oxygen atoms in total. The number of hydrogen-bond acceptors (Lipinski definition) is 5. The number of carbonyl (C=O) groups is 1. The van der Waals surface area contributed by atoms with Gasteiger partial charge in [-0.15, -0.1) is 11.3 Å². The first-order chi connectivity index (χ1) is 11.0. The SMILES string of the molecule is CC(C)CN1C[C@H]2CN(Cc3nccs3)CCC[C@@]2(C(=O)O)C1. The zero-order chi connectivity index (χ0) is 16.4. The van der Waals surface area contributed by atoms with Gasteiger partial charge in [0.25, 0.3) is 0 Å². The van der Waals surface area contributed by atoms with Gasteiger partial charge < -0.3 is 10.0 Å². The highest BCUT2D eigenvalue weighted by Gasteiger charge is 2.53. The summed E-state index contributed by atoms with van der Waals surface area (Å²) in [5, 5.41) is 13.1. The van der Waals surface area contributed by atoms with Crippen molar-refractivity contribution >= 4 is 17.3 Å². The molecular formula is C17H27N3O2S. The Hall–Kier alpha value is -0.980. The van der Waals surface area contributed by atoms with Crippen molar-refractivity contribution in [2.75, 3.05) is 32.7 Å². The Morgan fingerprint density at radius 1 is 1.48 bits per heavy atom. The predicted molar refractivity (Wildman–Crippen MR) is 91.5 cm³/mol. The topological polar surface area (TPSA) is 56.7 Å². The molecule has 128 valence electrons. The van der Waals surface area contributed by atoms with E-state index in [1.807, 2.05) is 11.6 Å². The molecule has 1 N–H and O–H groups in total. The van der Waals surface area contributed by atoms with Crippen LogP contribution in [0.5, 0.6) is 0 Å². The van der Waals surface area contributed by atoms with E-state index in [1.165, 1.54) is 0 Å². The maximum atomic E-state index is 12.1. The fraction of sp³-hybridized carbons (Fsp3) is 0.765. The van der Waals surface area contributed by atoms with E-state index in [0.717, 1.165) is 57.1 Å². The Balaban J connectivity index is 1.74. The van der Waals surface area contributed by atoms with Gasteiger partial charge in [-0.05, 0) is 25.3 Å². The zero-order valence-electron chi connectivity index (χ0n) is 14.1. The molecule has 2 atom stereocenters. The van der Waals surface area contributed by atoms with E-state index in [4.69, 9.17) is 0 Å². The summed E-state index contributed by atoms with van der Waals surface area (Å²) in [6.45, 7) is 9.75. The molecule has 1 aromatic heterocycles. The molecule has 2 aliphatic rings. The van der Waals surface area contributed by atoms with Crippen LogP contribution in [0.4, 0.5) is 0 Å². The minimum Gasteiger partial charge on any atom is -0.481 e. The van der Waals surface area contributed by atoms with Crippen LogP contribution in [-0.2, 0) is 11.3 Å². The number of hydrogen-bond donors (Lipinski definition) is 1. The molecule has 3 rings (SSSR count). The number of nitrogens with zero attached hydrogens (tertiary/aromatic N) is 3. The van der Waals surface area contributed by atoms with Gasteiger partial charge in [-0.1, -0.05) is 13.8 Å². The van der Waals surface area contributed by atoms with Crippen LogP contribution in [0.1, 0.15) is 31.7 Å². The molecule has 1 aromatic rings. The monoisotopic (exact) mass is 337 g/mol. The van der Waals surface area contributed by atoms with Crippen molar-refractivity contribution in [1.82, 2.24) is 14.8 Å². The van der Waals surface area contributed by atoms with Gasteiger partial charge in [-0.25, -0.2) is 4.98 Å². The highest BCUT2D eigenvalue weighted by Crippen LogP contribution is 2.43. The Bertz CT molecular complexity index is 534. The Morgan fingerprint density at radius 3 is 2.91 bits per heavy atom. The van der Waals surface area contributed by atoms with Gasteiger partial charge in [0.15, 0.2) is 0 Å². The summed E-state index contributed by atoms with van der Waals surface area (Å²) in [4.78, 5) is 21.3. The maximum Gasteiger partial charge on any atom is 0.311 e. The van der Waals surface area contributed by atoms with Gasteiger partial charge >= 0.3 is 5.97 Å². The lowest BCUT2D eigenvalue weighted by atomic mass is 9.75. The smallest absolute Gasteiger partial charge is 0.311 e. The summed E-state index contributed by atoms with van der Waals surface area (Å²) in [7, 11) is 0. The number of fused-ring (bicyclic) bond motifs is 1. The predicted octanol–water partition coefficient (Wildman–Crippen LogP) is 2.40. The highest BCUT2D eigenvalue weighted by molar-refractivity contribution is 7.09. The molecule has 23 heavy (non-hydrogen) atoms. The molecule has 0 aliphatic carbocycles. The molecule has 0 spiro atoms. The molecule has 0 saturated carbocycles. The van der Waals surface area contributed by atoms with Crippen LogP contribution in [0, 0.1) is 17.3 Å². The van der Waals surface area contributed by atoms with E-state index in [-0.39, 0.29) is 5.92 Å². The lowest BCUT2D eigenvalue weighted by molar-refractivity contribution is -0.151. The molecular weight excluding hydrogens is 310 g/mol. The number of rotatable bonds is 5. The molecule has 0 bridgehead atoms. The van der Waals surface area contributed by atoms with E-state index < -0.39 is 11.4 Å². The van der Waals surface area contributed by atoms with Crippen LogP contribution in [-0.4, -0.2) is 58.6 Å². The van der Waals surface area contributed by atoms with Gasteiger partial charge in [0.05, 0.1) is 12.0 Å². The van der Waals surface area contributed by atoms with Crippen molar-refractivity contribution in [3.63, 3.8) is 0 Å². The van der Waals surface area contributed by atoms with E-state index in [2.05, 4.69) is 28.6 Å². The number of aliphatic carboxylic acids is 1. The first-order valence-electron chi connectivity index (χ1n) is 8.56. The van der Waals surface area contributed by atoms with Gasteiger partial charge in [-0.2, -0.15) is 0 Å². The van der Waals surface area contributed by atoms with Gasteiger partial charge in [-0.3, -0.25) is 9.69 Å². The van der Waals surface area contributed by atoms with Crippen molar-refractivity contribution in [1.29, 1.82) is 0 Å². The number of carboxylic acids is 1. The second kappa shape index (κ2) is 6.87. The number of likely N-dealkylation sites (tertiary alicyclic amines) is 2. The molecule has 6 heteroatoms. The minimum atomic E-state index is -0.593. The van der Waals surface area contributed by atoms with Crippen LogP contribution < -0.4 is 0 Å². The molecule has 2 fully saturated rings. The quantitative estimate of drug-likeness (QED) is 0.894. The summed E-state index contributed by atoms with van der Waals surface area (Å²) in [5.41, 5.74) is -0.549. The Kier molecular flexibility index (Phi) is 5.04. The molecule has 0 aromatic carbocycles. The normalized spacial score (nSPS) is 29.6. The van der Waals surface area contributed by atoms with Crippen LogP contribution in [0.15, 0.2) is 11.6 Å². The van der Waals surface area contributed by atoms with Gasteiger partial charge in [0.2, 0.25) is 0 Å². The lowest BCUT2D eigenvalue weighted by Crippen LogP contribution is -2.41. The highest BCUT2D eigenvalue weighted by atomic mass is 32.1. The van der Waals surface area contributed by atoms with Crippen molar-refractivity contribution in [3.8, 4) is 0 Å². The van der Waals surface area contributed by atoms with Crippen LogP contribution in [0.3, 0.4) is 0 Å². The second-order valence-corrected chi connectivity index (χ2v) is 8.49. The van der Waals surface area contributed by atoms with Crippen molar-refractivity contribution in [3.05, 3.63) is 16.6 Å². The number of aromatic nitrogens is 1. The second-order valence-electron chi connectivity index (χ2n) is 7.51. The fourth-order valence-corrected chi connectivity index (χ4v) is 4.94. The number of carboxylic acid groups (broad SMARTS) is 1. The summed E-state index contributed by atoms with van der Waals surface area (Å²) in [6.07, 6.45) is 3.61. The van der Waals surface area contributed by atoms with E-state index >= 15 is 0 Å². The third kappa shape index (κ3) is 3.59. The lowest BCUT2D eigenvalue weighted by Gasteiger charge is -2.29. The maximum absolute atomic E-state index is 12.1. The number of thiazole rings is 1. The van der Waals surface area contributed by atoms with E-state index in [9.17, 15) is 9.90 Å². The van der Waals surface area contributed by atoms with E-state index in [1.54, 1.807) is 11.3 Å². The van der Waals surface area contributed by atoms with Crippen molar-refractivity contribution in [2.45, 2.75) is 33.2 Å². The molecule has 2 aliphatic heterocycles. The molecule has 0 radical (unpaired) electrons. The standard InChI is InChI=1S/C17H27N3O2S/c1-13(2)8-20-10-14-9-19(11-15-18-5-7-23-15)6-3-4-17(14,12-20)16(21)22/h5,7,13-14H,3-4,6,8-12H2,1-2H3,(H,21,22)/t14-,17-/m1/s1. The van der Waals surface area contributed by atoms with Crippen LogP contribution in [0.2, 0.25) is 0 Å². The fourth-order valence-electron chi connectivity index (χ4n) is 4.29. The van der Waals surface area contributed by atoms with Gasteiger partial charge in [0, 0.05) is 43.7 Å². The summed E-state index contributed by atoms with van der Waals surface area (Å²) < 4.78 is 0. The average Bonchev–Trinajstić information content (AvgIpc) is 3.04. The summed E-state index contributed by atoms with van der Waals surface area (Å²) in [6, 6.07) is 0.